The molecule has 0 aliphatic heterocycles. The molecule has 2 amide bonds. The van der Waals surface area contributed by atoms with Gasteiger partial charge in [-0.1, -0.05) is 37.6 Å². The summed E-state index contributed by atoms with van der Waals surface area (Å²) in [4.78, 5) is 23.5. The topological polar surface area (TPSA) is 84.2 Å². The van der Waals surface area contributed by atoms with Crippen LogP contribution in [0.15, 0.2) is 24.3 Å². The Balaban J connectivity index is 0.00000441. The largest absolute Gasteiger partial charge is 0.348 e. The van der Waals surface area contributed by atoms with E-state index in [0.29, 0.717) is 5.02 Å². The molecule has 1 aromatic rings. The van der Waals surface area contributed by atoms with Gasteiger partial charge in [0.15, 0.2) is 0 Å². The van der Waals surface area contributed by atoms with Gasteiger partial charge in [-0.3, -0.25) is 9.59 Å². The Morgan fingerprint density at radius 2 is 1.91 bits per heavy atom. The zero-order valence-corrected chi connectivity index (χ0v) is 14.5. The van der Waals surface area contributed by atoms with Gasteiger partial charge in [-0.25, -0.2) is 0 Å². The summed E-state index contributed by atoms with van der Waals surface area (Å²) in [6.45, 7) is 5.46. The van der Waals surface area contributed by atoms with Crippen molar-refractivity contribution in [1.29, 1.82) is 0 Å². The lowest BCUT2D eigenvalue weighted by Crippen LogP contribution is -2.47. The lowest BCUT2D eigenvalue weighted by molar-refractivity contribution is -0.127. The first-order valence-corrected chi connectivity index (χ1v) is 7.27. The summed E-state index contributed by atoms with van der Waals surface area (Å²) in [5, 5.41) is 5.94. The predicted octanol–water partition coefficient (Wildman–Crippen LogP) is 2.04. The lowest BCUT2D eigenvalue weighted by Gasteiger charge is -2.17. The van der Waals surface area contributed by atoms with E-state index in [1.165, 1.54) is 0 Å². The Kier molecular flexibility index (Phi) is 9.09. The Morgan fingerprint density at radius 1 is 1.27 bits per heavy atom. The molecule has 0 fully saturated rings. The summed E-state index contributed by atoms with van der Waals surface area (Å²) in [5.41, 5.74) is 6.60. The summed E-state index contributed by atoms with van der Waals surface area (Å²) in [6, 6.07) is 6.47. The van der Waals surface area contributed by atoms with Gasteiger partial charge in [0, 0.05) is 5.02 Å². The SMILES string of the molecule is CC(C)[C@H](N)C(=O)NCC(=O)N[C@H](C)c1cccc(Cl)c1.Cl. The fourth-order valence-corrected chi connectivity index (χ4v) is 1.94. The minimum atomic E-state index is -0.608. The molecule has 2 atom stereocenters. The molecule has 0 saturated carbocycles. The Bertz CT molecular complexity index is 509. The second-order valence-electron chi connectivity index (χ2n) is 5.33. The van der Waals surface area contributed by atoms with Crippen molar-refractivity contribution in [3.8, 4) is 0 Å². The fourth-order valence-electron chi connectivity index (χ4n) is 1.74. The van der Waals surface area contributed by atoms with Gasteiger partial charge in [0.2, 0.25) is 11.8 Å². The number of carbonyl (C=O) groups is 2. The molecular formula is C15H23Cl2N3O2. The van der Waals surface area contributed by atoms with Crippen molar-refractivity contribution in [2.24, 2.45) is 11.7 Å². The minimum absolute atomic E-state index is 0. The van der Waals surface area contributed by atoms with Crippen LogP contribution in [-0.2, 0) is 9.59 Å². The number of nitrogens with one attached hydrogen (secondary N) is 2. The number of amides is 2. The van der Waals surface area contributed by atoms with Gasteiger partial charge in [0.25, 0.3) is 0 Å². The molecule has 0 bridgehead atoms. The third kappa shape index (κ3) is 6.64. The van der Waals surface area contributed by atoms with E-state index >= 15 is 0 Å². The average Bonchev–Trinajstić information content (AvgIpc) is 2.43. The molecule has 1 rings (SSSR count). The molecule has 0 aromatic heterocycles. The van der Waals surface area contributed by atoms with E-state index in [1.54, 1.807) is 12.1 Å². The van der Waals surface area contributed by atoms with E-state index in [4.69, 9.17) is 17.3 Å². The molecular weight excluding hydrogens is 325 g/mol. The van der Waals surface area contributed by atoms with Gasteiger partial charge >= 0.3 is 0 Å². The molecule has 124 valence electrons. The molecule has 0 aliphatic rings. The van der Waals surface area contributed by atoms with Gasteiger partial charge in [-0.05, 0) is 30.5 Å². The smallest absolute Gasteiger partial charge is 0.239 e. The van der Waals surface area contributed by atoms with Crippen molar-refractivity contribution in [3.05, 3.63) is 34.9 Å². The molecule has 0 unspecified atom stereocenters. The summed E-state index contributed by atoms with van der Waals surface area (Å²) < 4.78 is 0. The highest BCUT2D eigenvalue weighted by atomic mass is 35.5. The summed E-state index contributed by atoms with van der Waals surface area (Å²) in [6.07, 6.45) is 0. The maximum atomic E-state index is 11.8. The quantitative estimate of drug-likeness (QED) is 0.736. The summed E-state index contributed by atoms with van der Waals surface area (Å²) in [7, 11) is 0. The molecule has 5 nitrogen and oxygen atoms in total. The fraction of sp³-hybridized carbons (Fsp3) is 0.467. The highest BCUT2D eigenvalue weighted by Gasteiger charge is 2.18. The van der Waals surface area contributed by atoms with E-state index in [2.05, 4.69) is 10.6 Å². The first-order chi connectivity index (χ1) is 9.81. The first kappa shape index (κ1) is 20.7. The van der Waals surface area contributed by atoms with Gasteiger partial charge in [0.1, 0.15) is 0 Å². The third-order valence-electron chi connectivity index (χ3n) is 3.17. The van der Waals surface area contributed by atoms with Crippen LogP contribution in [0.3, 0.4) is 0 Å². The molecule has 0 heterocycles. The zero-order valence-electron chi connectivity index (χ0n) is 12.9. The number of hydrogen-bond acceptors (Lipinski definition) is 3. The van der Waals surface area contributed by atoms with Crippen LogP contribution in [0.1, 0.15) is 32.4 Å². The molecule has 0 radical (unpaired) electrons. The molecule has 0 aliphatic carbocycles. The number of carbonyl (C=O) groups excluding carboxylic acids is 2. The summed E-state index contributed by atoms with van der Waals surface area (Å²) >= 11 is 5.91. The van der Waals surface area contributed by atoms with Crippen molar-refractivity contribution in [2.75, 3.05) is 6.54 Å². The number of halogens is 2. The van der Waals surface area contributed by atoms with Crippen LogP contribution in [0.2, 0.25) is 5.02 Å². The van der Waals surface area contributed by atoms with E-state index in [9.17, 15) is 9.59 Å². The van der Waals surface area contributed by atoms with Crippen molar-refractivity contribution in [2.45, 2.75) is 32.9 Å². The second-order valence-corrected chi connectivity index (χ2v) is 5.77. The Hall–Kier alpha value is -1.30. The highest BCUT2D eigenvalue weighted by molar-refractivity contribution is 6.30. The van der Waals surface area contributed by atoms with Crippen LogP contribution in [0, 0.1) is 5.92 Å². The maximum Gasteiger partial charge on any atom is 0.239 e. The van der Waals surface area contributed by atoms with E-state index in [1.807, 2.05) is 32.9 Å². The lowest BCUT2D eigenvalue weighted by atomic mass is 10.1. The number of benzene rings is 1. The minimum Gasteiger partial charge on any atom is -0.348 e. The standard InChI is InChI=1S/C15H22ClN3O2.ClH/c1-9(2)14(17)15(21)18-8-13(20)19-10(3)11-5-4-6-12(16)7-11;/h4-7,9-10,14H,8,17H2,1-3H3,(H,18,21)(H,19,20);1H/t10-,14+;/m1./s1. The zero-order chi connectivity index (χ0) is 16.0. The van der Waals surface area contributed by atoms with Gasteiger partial charge in [0.05, 0.1) is 18.6 Å². The van der Waals surface area contributed by atoms with Crippen LogP contribution in [0.25, 0.3) is 0 Å². The predicted molar refractivity (Wildman–Crippen MR) is 91.1 cm³/mol. The van der Waals surface area contributed by atoms with Crippen molar-refractivity contribution >= 4 is 35.8 Å². The average molecular weight is 348 g/mol. The Morgan fingerprint density at radius 3 is 2.45 bits per heavy atom. The van der Waals surface area contributed by atoms with Gasteiger partial charge in [-0.15, -0.1) is 12.4 Å². The van der Waals surface area contributed by atoms with Crippen LogP contribution in [-0.4, -0.2) is 24.4 Å². The van der Waals surface area contributed by atoms with E-state index in [0.717, 1.165) is 5.56 Å². The second kappa shape index (κ2) is 9.66. The molecule has 22 heavy (non-hydrogen) atoms. The molecule has 0 spiro atoms. The number of rotatable bonds is 6. The Labute approximate surface area is 142 Å². The monoisotopic (exact) mass is 347 g/mol. The maximum absolute atomic E-state index is 11.8. The molecule has 4 N–H and O–H groups in total. The van der Waals surface area contributed by atoms with Crippen LogP contribution < -0.4 is 16.4 Å². The van der Waals surface area contributed by atoms with Crippen molar-refractivity contribution in [3.63, 3.8) is 0 Å². The normalized spacial score (nSPS) is 13.0. The van der Waals surface area contributed by atoms with E-state index in [-0.39, 0.29) is 42.7 Å². The van der Waals surface area contributed by atoms with Gasteiger partial charge < -0.3 is 16.4 Å². The van der Waals surface area contributed by atoms with Crippen LogP contribution in [0.5, 0.6) is 0 Å². The molecule has 1 aromatic carbocycles. The van der Waals surface area contributed by atoms with Crippen LogP contribution >= 0.6 is 24.0 Å². The highest BCUT2D eigenvalue weighted by Crippen LogP contribution is 2.17. The molecule has 0 saturated heterocycles. The van der Waals surface area contributed by atoms with Crippen LogP contribution in [0.4, 0.5) is 0 Å². The summed E-state index contributed by atoms with van der Waals surface area (Å²) in [5.74, 6) is -0.569. The number of nitrogens with two attached hydrogens (primary N) is 1. The number of hydrogen-bond donors (Lipinski definition) is 3. The van der Waals surface area contributed by atoms with E-state index < -0.39 is 6.04 Å². The third-order valence-corrected chi connectivity index (χ3v) is 3.41. The van der Waals surface area contributed by atoms with Crippen molar-refractivity contribution in [1.82, 2.24) is 10.6 Å². The first-order valence-electron chi connectivity index (χ1n) is 6.89. The van der Waals surface area contributed by atoms with Crippen molar-refractivity contribution < 1.29 is 9.59 Å². The molecule has 7 heteroatoms. The van der Waals surface area contributed by atoms with Gasteiger partial charge in [-0.2, -0.15) is 0 Å².